The number of Topliss-reactive ketones (excluding diaryl/α,β-unsaturated/α-hetero) is 3. The molecule has 0 saturated heterocycles. The van der Waals surface area contributed by atoms with Gasteiger partial charge in [-0.1, -0.05) is 40.0 Å². The third kappa shape index (κ3) is 15.3. The largest absolute Gasteiger partial charge is 0.443 e. The Morgan fingerprint density at radius 2 is 0.945 bits per heavy atom. The van der Waals surface area contributed by atoms with Gasteiger partial charge in [0.25, 0.3) is 0 Å². The number of carbonyl (C=O) groups is 5. The number of rotatable bonds is 14. The smallest absolute Gasteiger partial charge is 0.414 e. The Labute approximate surface area is 441 Å². The molecule has 2 aliphatic heterocycles. The van der Waals surface area contributed by atoms with E-state index in [0.717, 1.165) is 127 Å². The highest BCUT2D eigenvalue weighted by atomic mass is 79.9. The Morgan fingerprint density at radius 3 is 1.41 bits per heavy atom. The Kier molecular flexibility index (Phi) is 20.0. The van der Waals surface area contributed by atoms with Gasteiger partial charge in [0.2, 0.25) is 0 Å². The van der Waals surface area contributed by atoms with Crippen molar-refractivity contribution < 1.29 is 33.4 Å². The van der Waals surface area contributed by atoms with Gasteiger partial charge in [0, 0.05) is 78.3 Å². The van der Waals surface area contributed by atoms with Crippen molar-refractivity contribution in [2.24, 2.45) is 0 Å². The van der Waals surface area contributed by atoms with Crippen LogP contribution in [-0.2, 0) is 35.2 Å². The van der Waals surface area contributed by atoms with Crippen LogP contribution in [0.15, 0.2) is 78.3 Å². The predicted octanol–water partition coefficient (Wildman–Crippen LogP) is 14.6. The first-order valence-electron chi connectivity index (χ1n) is 26.5. The van der Waals surface area contributed by atoms with Gasteiger partial charge in [-0.2, -0.15) is 0 Å². The first-order valence-corrected chi connectivity index (χ1v) is 27.3. The van der Waals surface area contributed by atoms with Gasteiger partial charge in [0.15, 0.2) is 17.3 Å². The molecule has 0 radical (unpaired) electrons. The normalized spacial score (nSPS) is 14.1. The maximum Gasteiger partial charge on any atom is 0.414 e. The van der Waals surface area contributed by atoms with Crippen molar-refractivity contribution in [2.75, 3.05) is 22.9 Å². The fraction of sp³-hybridized carbons (Fsp3) is 0.508. The van der Waals surface area contributed by atoms with Crippen LogP contribution in [0.2, 0.25) is 0 Å². The molecular weight excluding hydrogens is 985 g/mol. The fourth-order valence-electron chi connectivity index (χ4n) is 9.41. The lowest BCUT2D eigenvalue weighted by Crippen LogP contribution is -2.40. The second-order valence-corrected chi connectivity index (χ2v) is 22.2. The van der Waals surface area contributed by atoms with Crippen LogP contribution in [0.25, 0.3) is 11.4 Å². The summed E-state index contributed by atoms with van der Waals surface area (Å²) in [4.78, 5) is 74.4. The zero-order chi connectivity index (χ0) is 52.9. The highest BCUT2D eigenvalue weighted by Crippen LogP contribution is 2.39. The van der Waals surface area contributed by atoms with E-state index in [2.05, 4.69) is 58.8 Å². The van der Waals surface area contributed by atoms with Crippen molar-refractivity contribution in [3.8, 4) is 11.4 Å². The van der Waals surface area contributed by atoms with Crippen molar-refractivity contribution in [3.63, 3.8) is 0 Å². The van der Waals surface area contributed by atoms with E-state index in [9.17, 15) is 24.0 Å². The van der Waals surface area contributed by atoms with E-state index in [0.29, 0.717) is 37.9 Å². The highest BCUT2D eigenvalue weighted by Gasteiger charge is 2.32. The number of nitrogens with zero attached hydrogens (tertiary/aromatic N) is 6. The average molecular weight is 1060 g/mol. The summed E-state index contributed by atoms with van der Waals surface area (Å²) in [5.74, 6) is 0.571. The third-order valence-corrected chi connectivity index (χ3v) is 13.6. The maximum atomic E-state index is 12.9. The van der Waals surface area contributed by atoms with Gasteiger partial charge in [-0.15, -0.1) is 0 Å². The van der Waals surface area contributed by atoms with Gasteiger partial charge < -0.3 is 18.6 Å². The van der Waals surface area contributed by atoms with Crippen LogP contribution in [0.5, 0.6) is 0 Å². The van der Waals surface area contributed by atoms with E-state index < -0.39 is 11.2 Å². The molecule has 0 fully saturated rings. The van der Waals surface area contributed by atoms with E-state index in [1.807, 2.05) is 93.7 Å². The van der Waals surface area contributed by atoms with Crippen molar-refractivity contribution in [2.45, 2.75) is 183 Å². The van der Waals surface area contributed by atoms with Crippen LogP contribution >= 0.6 is 15.9 Å². The third-order valence-electron chi connectivity index (χ3n) is 13.0. The number of halogens is 1. The van der Waals surface area contributed by atoms with Crippen LogP contribution in [0.1, 0.15) is 199 Å². The number of hydrogen-bond acceptors (Lipinski definition) is 9. The molecule has 3 aliphatic rings. The number of benzene rings is 3. The van der Waals surface area contributed by atoms with E-state index >= 15 is 0 Å². The molecule has 4 heterocycles. The molecule has 73 heavy (non-hydrogen) atoms. The number of aromatic nitrogens is 4. The lowest BCUT2D eigenvalue weighted by atomic mass is 9.87. The number of ether oxygens (including phenoxy) is 2. The van der Waals surface area contributed by atoms with Crippen molar-refractivity contribution in [1.82, 2.24) is 19.1 Å². The van der Waals surface area contributed by atoms with E-state index in [-0.39, 0.29) is 29.5 Å². The molecule has 1 aliphatic carbocycles. The Balaban J connectivity index is 0.000000180. The molecule has 0 unspecified atom stereocenters. The fourth-order valence-corrected chi connectivity index (χ4v) is 10.1. The Hall–Kier alpha value is -5.89. The number of imidazole rings is 2. The molecule has 3 aromatic carbocycles. The van der Waals surface area contributed by atoms with Gasteiger partial charge in [-0.3, -0.25) is 24.2 Å². The molecule has 0 N–H and O–H groups in total. The summed E-state index contributed by atoms with van der Waals surface area (Å²) >= 11 is 3.56. The lowest BCUT2D eigenvalue weighted by Gasteiger charge is -2.33. The summed E-state index contributed by atoms with van der Waals surface area (Å²) in [6.07, 6.45) is 25.7. The molecule has 0 atom stereocenters. The van der Waals surface area contributed by atoms with Gasteiger partial charge >= 0.3 is 12.2 Å². The molecule has 0 saturated carbocycles. The lowest BCUT2D eigenvalue weighted by molar-refractivity contribution is 0.0566. The average Bonchev–Trinajstić information content (AvgIpc) is 4.11. The molecule has 0 bridgehead atoms. The van der Waals surface area contributed by atoms with Gasteiger partial charge in [-0.05, 0) is 187 Å². The van der Waals surface area contributed by atoms with E-state index in [1.165, 1.54) is 24.0 Å². The molecule has 13 nitrogen and oxygen atoms in total. The minimum atomic E-state index is -0.570. The zero-order valence-electron chi connectivity index (χ0n) is 44.8. The maximum absolute atomic E-state index is 12.9. The molecule has 2 aromatic heterocycles. The molecule has 392 valence electrons. The number of hydrogen-bond donors (Lipinski definition) is 0. The first-order chi connectivity index (χ1) is 34.8. The minimum absolute atomic E-state index is 0.139. The summed E-state index contributed by atoms with van der Waals surface area (Å²) in [5, 5.41) is 0. The molecule has 14 heteroatoms. The minimum Gasteiger partial charge on any atom is -0.443 e. The topological polar surface area (TPSA) is 146 Å². The quantitative estimate of drug-likeness (QED) is 0.0992. The van der Waals surface area contributed by atoms with Gasteiger partial charge in [0.05, 0.1) is 35.4 Å². The SMILES string of the molecule is CCCCC(=O)c1cc(Br)c2c(c1)CCCN2C(=O)OC(C)(C)C.CCCCC(=O)c1cc2c(c(-n3ccnc3)c1)CCCC2.CCCCC(=O)c1cc2c(c(-n3ccnc3)c1)N(C(=O)OC(C)(C)C)CCC2. The number of amides is 2. The summed E-state index contributed by atoms with van der Waals surface area (Å²) in [7, 11) is 0. The molecule has 0 spiro atoms. The highest BCUT2D eigenvalue weighted by molar-refractivity contribution is 9.10. The molecular formula is C59H77BrN6O7. The van der Waals surface area contributed by atoms with Crippen LogP contribution in [-0.4, -0.2) is 72.9 Å². The standard InChI is InChI=1S/C22H29N3O3.C19H26BrNO3.C18H22N2O/c1-5-6-9-19(26)17-13-16-8-7-11-25(21(27)28-22(2,3)4)20(16)18(14-17)24-12-10-23-15-24;1-5-6-9-16(22)14-11-13-8-7-10-21(17(13)15(20)12-14)18(23)24-19(2,3)4;1-2-3-8-18(21)15-11-14-6-4-5-7-16(14)17(12-15)20-10-9-19-13-20/h10,12-15H,5-9,11H2,1-4H3;11-12H,5-10H2,1-4H3;9-13H,2-8H2,1H3. The molecule has 5 aromatic rings. The first kappa shape index (κ1) is 56.4. The van der Waals surface area contributed by atoms with Crippen LogP contribution in [0.3, 0.4) is 0 Å². The van der Waals surface area contributed by atoms with Crippen LogP contribution in [0.4, 0.5) is 21.0 Å². The predicted molar refractivity (Wildman–Crippen MR) is 293 cm³/mol. The number of anilines is 2. The van der Waals surface area contributed by atoms with Crippen molar-refractivity contribution in [3.05, 3.63) is 117 Å². The monoisotopic (exact) mass is 1060 g/mol. The second kappa shape index (κ2) is 25.9. The Morgan fingerprint density at radius 1 is 0.534 bits per heavy atom. The van der Waals surface area contributed by atoms with Gasteiger partial charge in [0.1, 0.15) is 11.2 Å². The zero-order valence-corrected chi connectivity index (χ0v) is 46.4. The summed E-state index contributed by atoms with van der Waals surface area (Å²) in [6.45, 7) is 18.7. The Bertz CT molecular complexity index is 2700. The van der Waals surface area contributed by atoms with Crippen LogP contribution < -0.4 is 9.80 Å². The second-order valence-electron chi connectivity index (χ2n) is 21.3. The number of fused-ring (bicyclic) bond motifs is 3. The summed E-state index contributed by atoms with van der Waals surface area (Å²) < 4.78 is 15.8. The number of aryl methyl sites for hydroxylation is 3. The summed E-state index contributed by atoms with van der Waals surface area (Å²) in [5.41, 5.74) is 9.55. The van der Waals surface area contributed by atoms with E-state index in [4.69, 9.17) is 9.47 Å². The molecule has 8 rings (SSSR count). The number of unbranched alkanes of at least 4 members (excludes halogenated alkanes) is 3. The number of carbonyl (C=O) groups excluding carboxylic acids is 5. The summed E-state index contributed by atoms with van der Waals surface area (Å²) in [6, 6.07) is 11.8. The van der Waals surface area contributed by atoms with Crippen LogP contribution in [0, 0.1) is 0 Å². The van der Waals surface area contributed by atoms with Crippen molar-refractivity contribution in [1.29, 1.82) is 0 Å². The molecule has 2 amide bonds. The number of ketones is 3. The van der Waals surface area contributed by atoms with Crippen molar-refractivity contribution >= 4 is 56.8 Å². The van der Waals surface area contributed by atoms with E-state index in [1.54, 1.807) is 28.5 Å². The van der Waals surface area contributed by atoms with Gasteiger partial charge in [-0.25, -0.2) is 19.6 Å².